The molecule has 0 unspecified atom stereocenters. The van der Waals surface area contributed by atoms with Gasteiger partial charge in [0.25, 0.3) is 0 Å². The predicted octanol–water partition coefficient (Wildman–Crippen LogP) is 6.79. The first-order chi connectivity index (χ1) is 15.3. The van der Waals surface area contributed by atoms with Crippen molar-refractivity contribution in [1.29, 1.82) is 0 Å². The van der Waals surface area contributed by atoms with Gasteiger partial charge in [-0.1, -0.05) is 78.9 Å². The van der Waals surface area contributed by atoms with E-state index in [1.165, 1.54) is 21.6 Å². The number of Topliss-reactive ketones (excluding diaryl/α,β-unsaturated/α-hetero) is 1. The van der Waals surface area contributed by atoms with Crippen LogP contribution in [0.2, 0.25) is 0 Å². The van der Waals surface area contributed by atoms with Crippen molar-refractivity contribution in [3.05, 3.63) is 120 Å². The van der Waals surface area contributed by atoms with E-state index in [9.17, 15) is 4.79 Å². The standard InChI is InChI=1S/C28H25NOS/c30-26(17-16-23-7-6-18-29-20-23)19-22-12-14-24(15-13-22)21-31-28-11-5-4-10-27(28)25-8-2-1-3-9-25/h1-15,18,20H,16-17,19,21H2. The first kappa shape index (κ1) is 21.1. The van der Waals surface area contributed by atoms with Gasteiger partial charge in [-0.15, -0.1) is 11.8 Å². The van der Waals surface area contributed by atoms with Crippen LogP contribution >= 0.6 is 11.8 Å². The molecule has 0 fully saturated rings. The molecule has 0 N–H and O–H groups in total. The summed E-state index contributed by atoms with van der Waals surface area (Å²) >= 11 is 1.85. The average molecular weight is 424 g/mol. The molecular weight excluding hydrogens is 398 g/mol. The number of hydrogen-bond donors (Lipinski definition) is 0. The van der Waals surface area contributed by atoms with Crippen LogP contribution in [-0.4, -0.2) is 10.8 Å². The number of benzene rings is 3. The fraction of sp³-hybridized carbons (Fsp3) is 0.143. The van der Waals surface area contributed by atoms with Crippen LogP contribution in [0.1, 0.15) is 23.1 Å². The zero-order chi connectivity index (χ0) is 21.3. The van der Waals surface area contributed by atoms with E-state index in [0.29, 0.717) is 12.8 Å². The van der Waals surface area contributed by atoms with E-state index in [0.717, 1.165) is 23.3 Å². The van der Waals surface area contributed by atoms with Crippen molar-refractivity contribution in [1.82, 2.24) is 4.98 Å². The van der Waals surface area contributed by atoms with Crippen LogP contribution in [0.4, 0.5) is 0 Å². The summed E-state index contributed by atoms with van der Waals surface area (Å²) < 4.78 is 0. The van der Waals surface area contributed by atoms with E-state index in [1.54, 1.807) is 6.20 Å². The molecule has 0 spiro atoms. The summed E-state index contributed by atoms with van der Waals surface area (Å²) in [6, 6.07) is 31.4. The molecule has 0 saturated carbocycles. The van der Waals surface area contributed by atoms with Gasteiger partial charge in [0, 0.05) is 35.9 Å². The van der Waals surface area contributed by atoms with E-state index in [2.05, 4.69) is 77.8 Å². The van der Waals surface area contributed by atoms with E-state index >= 15 is 0 Å². The number of nitrogens with zero attached hydrogens (tertiary/aromatic N) is 1. The Morgan fingerprint density at radius 1 is 0.742 bits per heavy atom. The van der Waals surface area contributed by atoms with Gasteiger partial charge in [-0.3, -0.25) is 9.78 Å². The molecule has 0 aliphatic rings. The monoisotopic (exact) mass is 423 g/mol. The molecule has 4 rings (SSSR count). The molecular formula is C28H25NOS. The maximum Gasteiger partial charge on any atom is 0.137 e. The molecule has 31 heavy (non-hydrogen) atoms. The molecule has 2 nitrogen and oxygen atoms in total. The number of aryl methyl sites for hydroxylation is 1. The van der Waals surface area contributed by atoms with Crippen molar-refractivity contribution in [2.75, 3.05) is 0 Å². The minimum atomic E-state index is 0.266. The largest absolute Gasteiger partial charge is 0.299 e. The minimum Gasteiger partial charge on any atom is -0.299 e. The molecule has 0 aliphatic heterocycles. The fourth-order valence-corrected chi connectivity index (χ4v) is 4.54. The Morgan fingerprint density at radius 2 is 1.48 bits per heavy atom. The van der Waals surface area contributed by atoms with Crippen molar-refractivity contribution in [2.45, 2.75) is 29.9 Å². The Morgan fingerprint density at radius 3 is 2.26 bits per heavy atom. The first-order valence-corrected chi connectivity index (χ1v) is 11.5. The van der Waals surface area contributed by atoms with Gasteiger partial charge in [0.05, 0.1) is 0 Å². The third-order valence-electron chi connectivity index (χ3n) is 5.21. The topological polar surface area (TPSA) is 30.0 Å². The van der Waals surface area contributed by atoms with Gasteiger partial charge in [0.15, 0.2) is 0 Å². The number of pyridine rings is 1. The summed E-state index contributed by atoms with van der Waals surface area (Å²) in [7, 11) is 0. The zero-order valence-electron chi connectivity index (χ0n) is 17.4. The second-order valence-corrected chi connectivity index (χ2v) is 8.56. The first-order valence-electron chi connectivity index (χ1n) is 10.5. The third-order valence-corrected chi connectivity index (χ3v) is 6.35. The normalized spacial score (nSPS) is 10.7. The average Bonchev–Trinajstić information content (AvgIpc) is 2.84. The molecule has 0 atom stereocenters. The number of aromatic nitrogens is 1. The summed E-state index contributed by atoms with van der Waals surface area (Å²) in [5, 5.41) is 0. The quantitative estimate of drug-likeness (QED) is 0.278. The number of carbonyl (C=O) groups excluding carboxylic acids is 1. The van der Waals surface area contributed by atoms with Crippen molar-refractivity contribution in [2.24, 2.45) is 0 Å². The highest BCUT2D eigenvalue weighted by molar-refractivity contribution is 7.98. The highest BCUT2D eigenvalue weighted by Gasteiger charge is 2.07. The number of rotatable bonds is 9. The van der Waals surface area contributed by atoms with E-state index < -0.39 is 0 Å². The van der Waals surface area contributed by atoms with Crippen LogP contribution in [-0.2, 0) is 23.4 Å². The Kier molecular flexibility index (Phi) is 7.30. The highest BCUT2D eigenvalue weighted by atomic mass is 32.2. The Labute approximate surface area is 188 Å². The Bertz CT molecular complexity index is 1110. The molecule has 1 aromatic heterocycles. The van der Waals surface area contributed by atoms with Crippen LogP contribution in [0.15, 0.2) is 108 Å². The van der Waals surface area contributed by atoms with Crippen molar-refractivity contribution < 1.29 is 4.79 Å². The number of ketones is 1. The fourth-order valence-electron chi connectivity index (χ4n) is 3.51. The lowest BCUT2D eigenvalue weighted by molar-refractivity contribution is -0.118. The zero-order valence-corrected chi connectivity index (χ0v) is 18.2. The number of carbonyl (C=O) groups is 1. The van der Waals surface area contributed by atoms with Gasteiger partial charge >= 0.3 is 0 Å². The van der Waals surface area contributed by atoms with Crippen molar-refractivity contribution >= 4 is 17.5 Å². The lowest BCUT2D eigenvalue weighted by Gasteiger charge is -2.10. The number of hydrogen-bond acceptors (Lipinski definition) is 3. The summed E-state index contributed by atoms with van der Waals surface area (Å²) in [6.45, 7) is 0. The van der Waals surface area contributed by atoms with Crippen molar-refractivity contribution in [3.8, 4) is 11.1 Å². The van der Waals surface area contributed by atoms with Crippen LogP contribution < -0.4 is 0 Å². The Balaban J connectivity index is 1.32. The lowest BCUT2D eigenvalue weighted by Crippen LogP contribution is -2.04. The molecule has 0 aliphatic carbocycles. The van der Waals surface area contributed by atoms with Crippen LogP contribution in [0.5, 0.6) is 0 Å². The third kappa shape index (κ3) is 6.16. The molecule has 3 heteroatoms. The van der Waals surface area contributed by atoms with E-state index in [-0.39, 0.29) is 5.78 Å². The van der Waals surface area contributed by atoms with E-state index in [1.807, 2.05) is 36.2 Å². The summed E-state index contributed by atoms with van der Waals surface area (Å²) in [5.74, 6) is 1.17. The molecule has 3 aromatic carbocycles. The van der Waals surface area contributed by atoms with Crippen molar-refractivity contribution in [3.63, 3.8) is 0 Å². The summed E-state index contributed by atoms with van der Waals surface area (Å²) in [6.07, 6.45) is 5.38. The van der Waals surface area contributed by atoms with Gasteiger partial charge in [0.2, 0.25) is 0 Å². The maximum absolute atomic E-state index is 12.3. The molecule has 0 amide bonds. The second kappa shape index (κ2) is 10.7. The highest BCUT2D eigenvalue weighted by Crippen LogP contribution is 2.33. The molecule has 4 aromatic rings. The van der Waals surface area contributed by atoms with Crippen LogP contribution in [0, 0.1) is 0 Å². The molecule has 0 saturated heterocycles. The number of thioether (sulfide) groups is 1. The molecule has 154 valence electrons. The van der Waals surface area contributed by atoms with Gasteiger partial charge in [0.1, 0.15) is 5.78 Å². The Hall–Kier alpha value is -3.17. The molecule has 0 radical (unpaired) electrons. The minimum absolute atomic E-state index is 0.266. The molecule has 0 bridgehead atoms. The summed E-state index contributed by atoms with van der Waals surface area (Å²) in [4.78, 5) is 17.7. The molecule has 1 heterocycles. The SMILES string of the molecule is O=C(CCc1cccnc1)Cc1ccc(CSc2ccccc2-c2ccccc2)cc1. The lowest BCUT2D eigenvalue weighted by atomic mass is 10.0. The van der Waals surface area contributed by atoms with Crippen LogP contribution in [0.25, 0.3) is 11.1 Å². The summed E-state index contributed by atoms with van der Waals surface area (Å²) in [5.41, 5.74) is 5.96. The predicted molar refractivity (Wildman–Crippen MR) is 129 cm³/mol. The smallest absolute Gasteiger partial charge is 0.137 e. The van der Waals surface area contributed by atoms with Gasteiger partial charge in [-0.05, 0) is 46.4 Å². The van der Waals surface area contributed by atoms with Gasteiger partial charge in [-0.25, -0.2) is 0 Å². The van der Waals surface area contributed by atoms with Gasteiger partial charge in [-0.2, -0.15) is 0 Å². The van der Waals surface area contributed by atoms with E-state index in [4.69, 9.17) is 0 Å². The second-order valence-electron chi connectivity index (χ2n) is 7.54. The maximum atomic E-state index is 12.3. The van der Waals surface area contributed by atoms with Crippen LogP contribution in [0.3, 0.4) is 0 Å². The van der Waals surface area contributed by atoms with Gasteiger partial charge < -0.3 is 0 Å².